The highest BCUT2D eigenvalue weighted by Crippen LogP contribution is 2.33. The van der Waals surface area contributed by atoms with E-state index in [-0.39, 0.29) is 0 Å². The lowest BCUT2D eigenvalue weighted by Crippen LogP contribution is -2.34. The molecule has 0 radical (unpaired) electrons. The number of anilines is 1. The van der Waals surface area contributed by atoms with Crippen molar-refractivity contribution < 1.29 is 13.7 Å². The zero-order valence-electron chi connectivity index (χ0n) is 15.0. The van der Waals surface area contributed by atoms with E-state index in [9.17, 15) is 0 Å². The number of furan rings is 1. The molecule has 26 heavy (non-hydrogen) atoms. The molecule has 4 rings (SSSR count). The van der Waals surface area contributed by atoms with Crippen LogP contribution in [0.2, 0.25) is 0 Å². The predicted molar refractivity (Wildman–Crippen MR) is 98.8 cm³/mol. The Morgan fingerprint density at radius 1 is 1.27 bits per heavy atom. The van der Waals surface area contributed by atoms with E-state index in [1.54, 1.807) is 13.4 Å². The Morgan fingerprint density at radius 2 is 2.12 bits per heavy atom. The monoisotopic (exact) mass is 356 g/mol. The summed E-state index contributed by atoms with van der Waals surface area (Å²) in [6.07, 6.45) is 4.77. The van der Waals surface area contributed by atoms with Crippen LogP contribution in [0.3, 0.4) is 0 Å². The summed E-state index contributed by atoms with van der Waals surface area (Å²) >= 11 is 0. The number of nitrogen functional groups attached to an aromatic ring is 1. The molecule has 0 unspecified atom stereocenters. The first-order chi connectivity index (χ1) is 12.8. The molecule has 0 aliphatic carbocycles. The van der Waals surface area contributed by atoms with Crippen LogP contribution in [0.5, 0.6) is 0 Å². The number of fused-ring (bicyclic) bond motifs is 1. The number of methoxy groups -OCH3 is 1. The molecule has 1 saturated heterocycles. The van der Waals surface area contributed by atoms with E-state index in [1.807, 2.05) is 18.2 Å². The third kappa shape index (κ3) is 3.32. The van der Waals surface area contributed by atoms with Crippen molar-refractivity contribution in [1.82, 2.24) is 15.0 Å². The normalized spacial score (nSPS) is 16.5. The SMILES string of the molecule is COCCCN1CCC(c2nc(-c3ccc4occc4c3N)no2)CC1. The van der Waals surface area contributed by atoms with Crippen LogP contribution in [-0.4, -0.2) is 48.4 Å². The van der Waals surface area contributed by atoms with Crippen molar-refractivity contribution >= 4 is 16.7 Å². The fraction of sp³-hybridized carbons (Fsp3) is 0.474. The Bertz CT molecular complexity index is 865. The second-order valence-electron chi connectivity index (χ2n) is 6.78. The first-order valence-corrected chi connectivity index (χ1v) is 9.07. The van der Waals surface area contributed by atoms with E-state index in [1.165, 1.54) is 0 Å². The fourth-order valence-electron chi connectivity index (χ4n) is 3.61. The van der Waals surface area contributed by atoms with Crippen molar-refractivity contribution in [2.24, 2.45) is 0 Å². The topological polar surface area (TPSA) is 90.5 Å². The Balaban J connectivity index is 1.44. The molecule has 1 fully saturated rings. The number of likely N-dealkylation sites (tertiary alicyclic amines) is 1. The maximum Gasteiger partial charge on any atom is 0.230 e. The number of hydrogen-bond donors (Lipinski definition) is 1. The van der Waals surface area contributed by atoms with Gasteiger partial charge in [0.05, 0.1) is 12.0 Å². The Hall–Kier alpha value is -2.38. The van der Waals surface area contributed by atoms with Gasteiger partial charge in [0.15, 0.2) is 0 Å². The molecule has 0 saturated carbocycles. The molecule has 1 aliphatic heterocycles. The number of aromatic nitrogens is 2. The van der Waals surface area contributed by atoms with Crippen molar-refractivity contribution in [3.8, 4) is 11.4 Å². The van der Waals surface area contributed by atoms with Crippen molar-refractivity contribution in [2.45, 2.75) is 25.2 Å². The molecule has 0 amide bonds. The maximum atomic E-state index is 6.26. The van der Waals surface area contributed by atoms with Crippen molar-refractivity contribution in [1.29, 1.82) is 0 Å². The van der Waals surface area contributed by atoms with Gasteiger partial charge in [-0.15, -0.1) is 0 Å². The van der Waals surface area contributed by atoms with Crippen molar-refractivity contribution in [3.05, 3.63) is 30.4 Å². The highest BCUT2D eigenvalue weighted by atomic mass is 16.5. The van der Waals surface area contributed by atoms with Crippen molar-refractivity contribution in [3.63, 3.8) is 0 Å². The first kappa shape index (κ1) is 17.1. The van der Waals surface area contributed by atoms with Crippen LogP contribution < -0.4 is 5.73 Å². The zero-order chi connectivity index (χ0) is 17.9. The number of nitrogens with zero attached hydrogens (tertiary/aromatic N) is 3. The predicted octanol–water partition coefficient (Wildman–Crippen LogP) is 3.28. The molecule has 3 heterocycles. The second-order valence-corrected chi connectivity index (χ2v) is 6.78. The van der Waals surface area contributed by atoms with Gasteiger partial charge in [0.2, 0.25) is 11.7 Å². The lowest BCUT2D eigenvalue weighted by Gasteiger charge is -2.30. The minimum atomic E-state index is 0.314. The molecular weight excluding hydrogens is 332 g/mol. The van der Waals surface area contributed by atoms with E-state index in [4.69, 9.17) is 19.4 Å². The average molecular weight is 356 g/mol. The molecule has 0 atom stereocenters. The highest BCUT2D eigenvalue weighted by Gasteiger charge is 2.25. The fourth-order valence-corrected chi connectivity index (χ4v) is 3.61. The summed E-state index contributed by atoms with van der Waals surface area (Å²) in [6, 6.07) is 5.62. The number of nitrogens with two attached hydrogens (primary N) is 1. The summed E-state index contributed by atoms with van der Waals surface area (Å²) in [5, 5.41) is 5.04. The van der Waals surface area contributed by atoms with Gasteiger partial charge in [0.25, 0.3) is 0 Å². The molecule has 138 valence electrons. The third-order valence-electron chi connectivity index (χ3n) is 5.12. The summed E-state index contributed by atoms with van der Waals surface area (Å²) in [5.41, 5.74) is 8.43. The third-order valence-corrected chi connectivity index (χ3v) is 5.12. The Morgan fingerprint density at radius 3 is 2.92 bits per heavy atom. The summed E-state index contributed by atoms with van der Waals surface area (Å²) in [6.45, 7) is 4.00. The van der Waals surface area contributed by atoms with Gasteiger partial charge in [-0.05, 0) is 50.6 Å². The Kier molecular flexibility index (Phi) is 4.90. The molecule has 7 heteroatoms. The van der Waals surface area contributed by atoms with Gasteiger partial charge in [0, 0.05) is 37.1 Å². The molecule has 2 aromatic heterocycles. The molecule has 0 spiro atoms. The summed E-state index contributed by atoms with van der Waals surface area (Å²) in [4.78, 5) is 7.10. The average Bonchev–Trinajstić information content (AvgIpc) is 3.33. The summed E-state index contributed by atoms with van der Waals surface area (Å²) in [7, 11) is 1.75. The Labute approximate surface area is 152 Å². The lowest BCUT2D eigenvalue weighted by atomic mass is 9.96. The summed E-state index contributed by atoms with van der Waals surface area (Å²) in [5.74, 6) is 1.57. The minimum Gasteiger partial charge on any atom is -0.464 e. The number of hydrogen-bond acceptors (Lipinski definition) is 7. The smallest absolute Gasteiger partial charge is 0.230 e. The molecule has 1 aliphatic rings. The number of ether oxygens (including phenoxy) is 1. The largest absolute Gasteiger partial charge is 0.464 e. The highest BCUT2D eigenvalue weighted by molar-refractivity contribution is 5.96. The van der Waals surface area contributed by atoms with Crippen LogP contribution in [0.15, 0.2) is 33.4 Å². The van der Waals surface area contributed by atoms with Crippen LogP contribution in [-0.2, 0) is 4.74 Å². The molecule has 0 bridgehead atoms. The summed E-state index contributed by atoms with van der Waals surface area (Å²) < 4.78 is 16.1. The quantitative estimate of drug-likeness (QED) is 0.535. The number of rotatable bonds is 6. The first-order valence-electron chi connectivity index (χ1n) is 9.07. The van der Waals surface area contributed by atoms with Crippen LogP contribution in [0.25, 0.3) is 22.4 Å². The van der Waals surface area contributed by atoms with E-state index < -0.39 is 0 Å². The van der Waals surface area contributed by atoms with E-state index in [0.29, 0.717) is 23.3 Å². The van der Waals surface area contributed by atoms with Crippen LogP contribution >= 0.6 is 0 Å². The van der Waals surface area contributed by atoms with Gasteiger partial charge in [-0.1, -0.05) is 5.16 Å². The van der Waals surface area contributed by atoms with Gasteiger partial charge < -0.3 is 24.3 Å². The zero-order valence-corrected chi connectivity index (χ0v) is 15.0. The van der Waals surface area contributed by atoms with Crippen molar-refractivity contribution in [2.75, 3.05) is 39.1 Å². The molecular formula is C19H24N4O3. The molecule has 2 N–H and O–H groups in total. The lowest BCUT2D eigenvalue weighted by molar-refractivity contribution is 0.152. The van der Waals surface area contributed by atoms with Crippen LogP contribution in [0.4, 0.5) is 5.69 Å². The van der Waals surface area contributed by atoms with Gasteiger partial charge >= 0.3 is 0 Å². The van der Waals surface area contributed by atoms with Gasteiger partial charge in [-0.25, -0.2) is 0 Å². The number of benzene rings is 1. The maximum absolute atomic E-state index is 6.26. The van der Waals surface area contributed by atoms with Gasteiger partial charge in [-0.2, -0.15) is 4.98 Å². The van der Waals surface area contributed by atoms with E-state index in [0.717, 1.165) is 62.0 Å². The second kappa shape index (κ2) is 7.47. The van der Waals surface area contributed by atoms with E-state index in [2.05, 4.69) is 15.0 Å². The van der Waals surface area contributed by atoms with Crippen LogP contribution in [0.1, 0.15) is 31.1 Å². The van der Waals surface area contributed by atoms with Crippen LogP contribution in [0, 0.1) is 0 Å². The molecule has 3 aromatic rings. The molecule has 1 aromatic carbocycles. The number of piperidine rings is 1. The van der Waals surface area contributed by atoms with Gasteiger partial charge in [-0.3, -0.25) is 0 Å². The van der Waals surface area contributed by atoms with Gasteiger partial charge in [0.1, 0.15) is 5.58 Å². The molecule has 7 nitrogen and oxygen atoms in total. The minimum absolute atomic E-state index is 0.314. The van der Waals surface area contributed by atoms with E-state index >= 15 is 0 Å². The standard InChI is InChI=1S/C19H24N4O3/c1-24-11-2-8-23-9-5-13(6-10-23)19-21-18(22-26-19)15-3-4-16-14(17(15)20)7-12-25-16/h3-4,7,12-13H,2,5-6,8-11,20H2,1H3.